The average molecular weight is 359 g/mol. The van der Waals surface area contributed by atoms with Crippen LogP contribution in [0, 0.1) is 5.92 Å². The molecule has 1 aromatic heterocycles. The third-order valence-electron chi connectivity index (χ3n) is 4.30. The number of pyridine rings is 1. The van der Waals surface area contributed by atoms with E-state index in [2.05, 4.69) is 4.98 Å². The number of aliphatic carboxylic acids is 1. The van der Waals surface area contributed by atoms with Crippen LogP contribution >= 0.6 is 11.6 Å². The zero-order valence-electron chi connectivity index (χ0n) is 13.9. The summed E-state index contributed by atoms with van der Waals surface area (Å²) >= 11 is 6.26. The van der Waals surface area contributed by atoms with E-state index in [0.717, 1.165) is 24.1 Å². The van der Waals surface area contributed by atoms with Crippen molar-refractivity contribution >= 4 is 23.5 Å². The Morgan fingerprint density at radius 1 is 1.32 bits per heavy atom. The van der Waals surface area contributed by atoms with Crippen molar-refractivity contribution in [2.75, 3.05) is 6.54 Å². The number of nitrogens with zero attached hydrogens (tertiary/aromatic N) is 2. The molecule has 1 fully saturated rings. The molecule has 3 rings (SSSR count). The summed E-state index contributed by atoms with van der Waals surface area (Å²) in [6.45, 7) is 1.79. The molecule has 1 N–H and O–H groups in total. The molecule has 1 atom stereocenters. The maximum Gasteiger partial charge on any atom is 0.308 e. The Labute approximate surface area is 151 Å². The van der Waals surface area contributed by atoms with Crippen molar-refractivity contribution in [3.8, 4) is 11.3 Å². The number of amides is 1. The fourth-order valence-corrected chi connectivity index (χ4v) is 2.89. The van der Waals surface area contributed by atoms with E-state index < -0.39 is 11.9 Å². The van der Waals surface area contributed by atoms with Crippen LogP contribution in [0.4, 0.5) is 0 Å². The fraction of sp³-hybridized carbons (Fsp3) is 0.316. The minimum absolute atomic E-state index is 0.101. The molecule has 0 saturated heterocycles. The number of carboxylic acids is 1. The lowest BCUT2D eigenvalue weighted by atomic mass is 10.1. The Morgan fingerprint density at radius 2 is 2.08 bits per heavy atom. The first-order valence-electron chi connectivity index (χ1n) is 8.22. The summed E-state index contributed by atoms with van der Waals surface area (Å²) in [5, 5.41) is 9.52. The number of carbonyl (C=O) groups is 2. The number of carbonyl (C=O) groups excluding carboxylic acids is 1. The zero-order valence-corrected chi connectivity index (χ0v) is 14.6. The van der Waals surface area contributed by atoms with Gasteiger partial charge in [0.05, 0.1) is 22.2 Å². The molecule has 1 unspecified atom stereocenters. The molecule has 1 aliphatic rings. The Balaban J connectivity index is 1.91. The molecular formula is C19H19ClN2O3. The topological polar surface area (TPSA) is 70.5 Å². The van der Waals surface area contributed by atoms with Crippen LogP contribution in [0.1, 0.15) is 30.1 Å². The largest absolute Gasteiger partial charge is 0.481 e. The van der Waals surface area contributed by atoms with Crippen LogP contribution in [0.5, 0.6) is 0 Å². The van der Waals surface area contributed by atoms with Gasteiger partial charge in [-0.05, 0) is 37.1 Å². The van der Waals surface area contributed by atoms with Gasteiger partial charge in [-0.15, -0.1) is 0 Å². The lowest BCUT2D eigenvalue weighted by Gasteiger charge is -2.25. The summed E-state index contributed by atoms with van der Waals surface area (Å²) in [5.74, 6) is -1.76. The molecule has 2 aromatic rings. The lowest BCUT2D eigenvalue weighted by Crippen LogP contribution is -2.38. The van der Waals surface area contributed by atoms with E-state index in [1.807, 2.05) is 24.3 Å². The molecule has 0 radical (unpaired) electrons. The number of halogens is 1. The lowest BCUT2D eigenvalue weighted by molar-refractivity contribution is -0.141. The van der Waals surface area contributed by atoms with Gasteiger partial charge in [-0.25, -0.2) is 0 Å². The first-order chi connectivity index (χ1) is 12.0. The van der Waals surface area contributed by atoms with E-state index in [9.17, 15) is 9.59 Å². The van der Waals surface area contributed by atoms with Gasteiger partial charge >= 0.3 is 5.97 Å². The molecular weight excluding hydrogens is 340 g/mol. The molecule has 0 spiro atoms. The highest BCUT2D eigenvalue weighted by atomic mass is 35.5. The minimum Gasteiger partial charge on any atom is -0.481 e. The van der Waals surface area contributed by atoms with Crippen molar-refractivity contribution in [1.82, 2.24) is 9.88 Å². The summed E-state index contributed by atoms with van der Waals surface area (Å²) in [7, 11) is 0. The summed E-state index contributed by atoms with van der Waals surface area (Å²) in [4.78, 5) is 30.1. The van der Waals surface area contributed by atoms with Gasteiger partial charge in [0.25, 0.3) is 5.91 Å². The van der Waals surface area contributed by atoms with E-state index in [1.165, 1.54) is 0 Å². The van der Waals surface area contributed by atoms with E-state index in [1.54, 1.807) is 30.2 Å². The van der Waals surface area contributed by atoms with Crippen molar-refractivity contribution in [2.24, 2.45) is 5.92 Å². The smallest absolute Gasteiger partial charge is 0.308 e. The van der Waals surface area contributed by atoms with Crippen molar-refractivity contribution in [1.29, 1.82) is 0 Å². The third-order valence-corrected chi connectivity index (χ3v) is 4.63. The normalized spacial score (nSPS) is 14.8. The third kappa shape index (κ3) is 3.99. The zero-order chi connectivity index (χ0) is 18.0. The first-order valence-corrected chi connectivity index (χ1v) is 8.60. The van der Waals surface area contributed by atoms with Gasteiger partial charge in [0.1, 0.15) is 0 Å². The number of benzene rings is 1. The van der Waals surface area contributed by atoms with Crippen molar-refractivity contribution < 1.29 is 14.7 Å². The Bertz CT molecular complexity index is 791. The number of carboxylic acid groups (broad SMARTS) is 1. The molecule has 1 amide bonds. The molecule has 0 aliphatic heterocycles. The number of hydrogen-bond donors (Lipinski definition) is 1. The molecule has 25 heavy (non-hydrogen) atoms. The van der Waals surface area contributed by atoms with Crippen molar-refractivity contribution in [3.63, 3.8) is 0 Å². The van der Waals surface area contributed by atoms with Crippen LogP contribution in [0.15, 0.2) is 42.6 Å². The highest BCUT2D eigenvalue weighted by Crippen LogP contribution is 2.32. The second-order valence-corrected chi connectivity index (χ2v) is 6.74. The van der Waals surface area contributed by atoms with Crippen molar-refractivity contribution in [3.05, 3.63) is 53.2 Å². The molecule has 5 nitrogen and oxygen atoms in total. The second kappa shape index (κ2) is 7.23. The van der Waals surface area contributed by atoms with Gasteiger partial charge < -0.3 is 10.0 Å². The van der Waals surface area contributed by atoms with Crippen LogP contribution in [0.3, 0.4) is 0 Å². The van der Waals surface area contributed by atoms with Crippen LogP contribution in [0.25, 0.3) is 11.3 Å². The van der Waals surface area contributed by atoms with E-state index in [0.29, 0.717) is 10.6 Å². The Morgan fingerprint density at radius 3 is 2.68 bits per heavy atom. The molecule has 1 saturated carbocycles. The highest BCUT2D eigenvalue weighted by molar-refractivity contribution is 6.34. The molecule has 1 aliphatic carbocycles. The van der Waals surface area contributed by atoms with Gasteiger partial charge in [0.15, 0.2) is 0 Å². The number of hydrogen-bond acceptors (Lipinski definition) is 3. The average Bonchev–Trinajstić information content (AvgIpc) is 3.45. The Kier molecular flexibility index (Phi) is 5.04. The van der Waals surface area contributed by atoms with E-state index in [-0.39, 0.29) is 18.5 Å². The van der Waals surface area contributed by atoms with E-state index >= 15 is 0 Å². The van der Waals surface area contributed by atoms with Gasteiger partial charge in [0, 0.05) is 24.3 Å². The molecule has 1 aromatic carbocycles. The molecule has 6 heteroatoms. The quantitative estimate of drug-likeness (QED) is 0.854. The predicted molar refractivity (Wildman–Crippen MR) is 95.5 cm³/mol. The van der Waals surface area contributed by atoms with Gasteiger partial charge in [-0.1, -0.05) is 30.7 Å². The maximum atomic E-state index is 13.0. The highest BCUT2D eigenvalue weighted by Gasteiger charge is 2.35. The Hall–Kier alpha value is -2.40. The van der Waals surface area contributed by atoms with Crippen LogP contribution < -0.4 is 0 Å². The number of aromatic nitrogens is 1. The summed E-state index contributed by atoms with van der Waals surface area (Å²) in [6, 6.07) is 10.9. The summed E-state index contributed by atoms with van der Waals surface area (Å²) in [6.07, 6.45) is 3.49. The van der Waals surface area contributed by atoms with Gasteiger partial charge in [0.2, 0.25) is 0 Å². The van der Waals surface area contributed by atoms with Crippen LogP contribution in [-0.2, 0) is 4.79 Å². The first kappa shape index (κ1) is 17.4. The van der Waals surface area contributed by atoms with Crippen molar-refractivity contribution in [2.45, 2.75) is 25.8 Å². The predicted octanol–water partition coefficient (Wildman–Crippen LogP) is 3.73. The minimum atomic E-state index is -0.910. The van der Waals surface area contributed by atoms with Gasteiger partial charge in [-0.2, -0.15) is 0 Å². The molecule has 0 bridgehead atoms. The number of rotatable bonds is 6. The standard InChI is InChI=1S/C19H19ClN2O3/c1-12(19(24)25)11-22(14-6-7-14)18(23)15-10-13(5-8-16(15)20)17-4-2-3-9-21-17/h2-5,8-10,12,14H,6-7,11H2,1H3,(H,24,25). The SMILES string of the molecule is CC(CN(C(=O)c1cc(-c2ccccn2)ccc1Cl)C1CC1)C(=O)O. The van der Waals surface area contributed by atoms with Crippen LogP contribution in [0.2, 0.25) is 5.02 Å². The summed E-state index contributed by atoms with van der Waals surface area (Å²) < 4.78 is 0. The summed E-state index contributed by atoms with van der Waals surface area (Å²) in [5.41, 5.74) is 1.94. The van der Waals surface area contributed by atoms with Gasteiger partial charge in [-0.3, -0.25) is 14.6 Å². The molecule has 1 heterocycles. The monoisotopic (exact) mass is 358 g/mol. The maximum absolute atomic E-state index is 13.0. The van der Waals surface area contributed by atoms with E-state index in [4.69, 9.17) is 16.7 Å². The second-order valence-electron chi connectivity index (χ2n) is 6.34. The fourth-order valence-electron chi connectivity index (χ4n) is 2.69. The van der Waals surface area contributed by atoms with Crippen LogP contribution in [-0.4, -0.2) is 39.5 Å². The molecule has 130 valence electrons.